The molecule has 0 spiro atoms. The van der Waals surface area contributed by atoms with E-state index < -0.39 is 4.92 Å². The van der Waals surface area contributed by atoms with Gasteiger partial charge in [-0.2, -0.15) is 0 Å². The zero-order chi connectivity index (χ0) is 17.4. The fraction of sp³-hybridized carbons (Fsp3) is 0.375. The van der Waals surface area contributed by atoms with Gasteiger partial charge in [0.05, 0.1) is 22.2 Å². The van der Waals surface area contributed by atoms with Gasteiger partial charge in [-0.15, -0.1) is 35.3 Å². The van der Waals surface area contributed by atoms with Gasteiger partial charge < -0.3 is 10.6 Å². The first-order valence-corrected chi connectivity index (χ1v) is 8.63. The van der Waals surface area contributed by atoms with Crippen LogP contribution in [0.3, 0.4) is 0 Å². The maximum atomic E-state index is 10.7. The second-order valence-corrected chi connectivity index (χ2v) is 6.22. The average Bonchev–Trinajstić information content (AvgIpc) is 2.98. The van der Waals surface area contributed by atoms with Crippen LogP contribution in [-0.2, 0) is 13.0 Å². The summed E-state index contributed by atoms with van der Waals surface area (Å²) < 4.78 is 0. The number of nitro benzene ring substituents is 1. The molecule has 0 amide bonds. The SMILES string of the molecule is CCNC(=NCc1ccc([N+](=O)[O-])cc1)NCCc1csc(C)n1.I. The lowest BCUT2D eigenvalue weighted by atomic mass is 10.2. The average molecular weight is 475 g/mol. The van der Waals surface area contributed by atoms with E-state index in [1.165, 1.54) is 12.1 Å². The van der Waals surface area contributed by atoms with E-state index >= 15 is 0 Å². The summed E-state index contributed by atoms with van der Waals surface area (Å²) in [5.41, 5.74) is 2.09. The third kappa shape index (κ3) is 7.34. The van der Waals surface area contributed by atoms with Crippen LogP contribution in [0.25, 0.3) is 0 Å². The van der Waals surface area contributed by atoms with Gasteiger partial charge in [0.1, 0.15) is 0 Å². The molecule has 25 heavy (non-hydrogen) atoms. The monoisotopic (exact) mass is 475 g/mol. The molecule has 0 fully saturated rings. The molecular weight excluding hydrogens is 453 g/mol. The van der Waals surface area contributed by atoms with Crippen molar-refractivity contribution in [2.24, 2.45) is 4.99 Å². The van der Waals surface area contributed by atoms with Crippen molar-refractivity contribution >= 4 is 47.0 Å². The van der Waals surface area contributed by atoms with E-state index in [0.29, 0.717) is 6.54 Å². The van der Waals surface area contributed by atoms with Crippen LogP contribution < -0.4 is 10.6 Å². The van der Waals surface area contributed by atoms with E-state index in [1.54, 1.807) is 23.5 Å². The molecule has 0 unspecified atom stereocenters. The number of non-ortho nitro benzene ring substituents is 1. The summed E-state index contributed by atoms with van der Waals surface area (Å²) in [7, 11) is 0. The Morgan fingerprint density at radius 2 is 2.04 bits per heavy atom. The number of aromatic nitrogens is 1. The predicted molar refractivity (Wildman–Crippen MR) is 112 cm³/mol. The maximum Gasteiger partial charge on any atom is 0.269 e. The molecule has 0 aliphatic rings. The largest absolute Gasteiger partial charge is 0.357 e. The van der Waals surface area contributed by atoms with Crippen molar-refractivity contribution in [1.82, 2.24) is 15.6 Å². The fourth-order valence-corrected chi connectivity index (χ4v) is 2.71. The zero-order valence-corrected chi connectivity index (χ0v) is 17.3. The summed E-state index contributed by atoms with van der Waals surface area (Å²) in [6, 6.07) is 6.44. The summed E-state index contributed by atoms with van der Waals surface area (Å²) in [4.78, 5) is 19.2. The fourth-order valence-electron chi connectivity index (χ4n) is 2.07. The lowest BCUT2D eigenvalue weighted by Crippen LogP contribution is -2.38. The second kappa shape index (κ2) is 11.0. The van der Waals surface area contributed by atoms with Crippen LogP contribution in [0.1, 0.15) is 23.2 Å². The second-order valence-electron chi connectivity index (χ2n) is 5.15. The number of halogens is 1. The standard InChI is InChI=1S/C16H21N5O2S.HI/c1-3-17-16(18-9-8-14-11-24-12(2)20-14)19-10-13-4-6-15(7-5-13)21(22)23;/h4-7,11H,3,8-10H2,1-2H3,(H2,17,18,19);1H. The molecule has 1 aromatic heterocycles. The van der Waals surface area contributed by atoms with E-state index in [1.807, 2.05) is 13.8 Å². The minimum Gasteiger partial charge on any atom is -0.357 e. The van der Waals surface area contributed by atoms with Crippen molar-refractivity contribution in [3.8, 4) is 0 Å². The minimum atomic E-state index is -0.404. The van der Waals surface area contributed by atoms with Crippen LogP contribution in [-0.4, -0.2) is 29.0 Å². The van der Waals surface area contributed by atoms with Crippen LogP contribution in [0, 0.1) is 17.0 Å². The Bertz CT molecular complexity index is 703. The Kier molecular flexibility index (Phi) is 9.35. The molecule has 0 saturated carbocycles. The van der Waals surface area contributed by atoms with Crippen LogP contribution in [0.15, 0.2) is 34.6 Å². The molecule has 0 atom stereocenters. The third-order valence-electron chi connectivity index (χ3n) is 3.25. The van der Waals surface area contributed by atoms with Gasteiger partial charge in [-0.1, -0.05) is 12.1 Å². The molecule has 0 bridgehead atoms. The predicted octanol–water partition coefficient (Wildman–Crippen LogP) is 3.28. The maximum absolute atomic E-state index is 10.7. The summed E-state index contributed by atoms with van der Waals surface area (Å²) in [6.45, 7) is 5.98. The molecule has 1 heterocycles. The van der Waals surface area contributed by atoms with Crippen LogP contribution in [0.5, 0.6) is 0 Å². The van der Waals surface area contributed by atoms with Crippen LogP contribution in [0.4, 0.5) is 5.69 Å². The zero-order valence-electron chi connectivity index (χ0n) is 14.2. The van der Waals surface area contributed by atoms with E-state index in [9.17, 15) is 10.1 Å². The van der Waals surface area contributed by atoms with E-state index in [0.717, 1.165) is 41.7 Å². The molecule has 0 saturated heterocycles. The molecule has 2 N–H and O–H groups in total. The molecule has 2 rings (SSSR count). The Balaban J connectivity index is 0.00000312. The van der Waals surface area contributed by atoms with Crippen molar-refractivity contribution in [2.75, 3.05) is 13.1 Å². The Morgan fingerprint density at radius 3 is 2.60 bits per heavy atom. The highest BCUT2D eigenvalue weighted by Gasteiger charge is 2.04. The summed E-state index contributed by atoms with van der Waals surface area (Å²) >= 11 is 1.65. The van der Waals surface area contributed by atoms with Crippen molar-refractivity contribution in [1.29, 1.82) is 0 Å². The lowest BCUT2D eigenvalue weighted by molar-refractivity contribution is -0.384. The summed E-state index contributed by atoms with van der Waals surface area (Å²) in [5.74, 6) is 0.725. The van der Waals surface area contributed by atoms with Gasteiger partial charge in [-0.25, -0.2) is 9.98 Å². The molecule has 1 aromatic carbocycles. The number of nitrogens with zero attached hydrogens (tertiary/aromatic N) is 3. The van der Waals surface area contributed by atoms with Gasteiger partial charge >= 0.3 is 0 Å². The van der Waals surface area contributed by atoms with E-state index in [-0.39, 0.29) is 29.7 Å². The lowest BCUT2D eigenvalue weighted by Gasteiger charge is -2.10. The molecule has 2 aromatic rings. The number of aryl methyl sites for hydroxylation is 1. The van der Waals surface area contributed by atoms with Gasteiger partial charge in [0, 0.05) is 37.0 Å². The number of benzene rings is 1. The number of aliphatic imine (C=N–C) groups is 1. The van der Waals surface area contributed by atoms with E-state index in [2.05, 4.69) is 26.0 Å². The first-order chi connectivity index (χ1) is 11.6. The highest BCUT2D eigenvalue weighted by atomic mass is 127. The van der Waals surface area contributed by atoms with E-state index in [4.69, 9.17) is 0 Å². The van der Waals surface area contributed by atoms with Crippen LogP contribution >= 0.6 is 35.3 Å². The Morgan fingerprint density at radius 1 is 1.32 bits per heavy atom. The Hall–Kier alpha value is -1.75. The van der Waals surface area contributed by atoms with Crippen molar-refractivity contribution in [2.45, 2.75) is 26.8 Å². The highest BCUT2D eigenvalue weighted by molar-refractivity contribution is 14.0. The molecule has 0 aliphatic carbocycles. The van der Waals surface area contributed by atoms with Crippen molar-refractivity contribution in [3.05, 3.63) is 56.0 Å². The number of rotatable bonds is 7. The molecule has 9 heteroatoms. The number of nitrogens with one attached hydrogen (secondary N) is 2. The van der Waals surface area contributed by atoms with Gasteiger partial charge in [0.15, 0.2) is 5.96 Å². The molecular formula is C16H22IN5O2S. The number of hydrogen-bond acceptors (Lipinski definition) is 5. The minimum absolute atomic E-state index is 0. The number of thiazole rings is 1. The summed E-state index contributed by atoms with van der Waals surface area (Å²) in [5, 5.41) is 20.3. The van der Waals surface area contributed by atoms with Crippen molar-refractivity contribution in [3.63, 3.8) is 0 Å². The first kappa shape index (κ1) is 21.3. The van der Waals surface area contributed by atoms with Crippen LogP contribution in [0.2, 0.25) is 0 Å². The van der Waals surface area contributed by atoms with Gasteiger partial charge in [-0.05, 0) is 19.4 Å². The van der Waals surface area contributed by atoms with Gasteiger partial charge in [0.25, 0.3) is 5.69 Å². The molecule has 136 valence electrons. The normalized spacial score (nSPS) is 10.9. The quantitative estimate of drug-likeness (QED) is 0.211. The number of nitro groups is 1. The topological polar surface area (TPSA) is 92.5 Å². The van der Waals surface area contributed by atoms with Gasteiger partial charge in [0.2, 0.25) is 0 Å². The molecule has 7 nitrogen and oxygen atoms in total. The molecule has 0 radical (unpaired) electrons. The first-order valence-electron chi connectivity index (χ1n) is 7.75. The number of guanidine groups is 1. The van der Waals surface area contributed by atoms with Crippen molar-refractivity contribution < 1.29 is 4.92 Å². The smallest absolute Gasteiger partial charge is 0.269 e. The third-order valence-corrected chi connectivity index (χ3v) is 4.07. The Labute approximate surface area is 168 Å². The highest BCUT2D eigenvalue weighted by Crippen LogP contribution is 2.12. The van der Waals surface area contributed by atoms with Gasteiger partial charge in [-0.3, -0.25) is 10.1 Å². The number of hydrogen-bond donors (Lipinski definition) is 2. The molecule has 0 aliphatic heterocycles. The summed E-state index contributed by atoms with van der Waals surface area (Å²) in [6.07, 6.45) is 0.840.